The standard InChI is InChI=1S/C16H36N.C4HBF3N2O4/c1-5-9-13-17(14-10-6-2,15-11-7-3)16-12-8-4;6-4(7,8)13-5(11)14-12-3(1-9)2-10/h5-16H2,1-4H3;3H/q+1;-1. The molecule has 180 valence electrons. The summed E-state index contributed by atoms with van der Waals surface area (Å²) in [6.45, 7) is 15.0. The number of hydrogen-bond donors (Lipinski definition) is 0. The summed E-state index contributed by atoms with van der Waals surface area (Å²) in [5.41, 5.74) is 0. The summed E-state index contributed by atoms with van der Waals surface area (Å²) in [5, 5.41) is 26.2. The fourth-order valence-corrected chi connectivity index (χ4v) is 2.95. The third-order valence-electron chi connectivity index (χ3n) is 4.64. The zero-order valence-corrected chi connectivity index (χ0v) is 19.2. The Kier molecular flexibility index (Phi) is 19.8. The third-order valence-corrected chi connectivity index (χ3v) is 4.64. The minimum absolute atomic E-state index is 1.19. The van der Waals surface area contributed by atoms with E-state index in [-0.39, 0.29) is 0 Å². The lowest BCUT2D eigenvalue weighted by Gasteiger charge is -2.39. The SMILES string of the molecule is CCCC[N+](CCCC)(CCCC)CCCC.N#CC(C#N)OOB([O-])OC(F)(F)F. The summed E-state index contributed by atoms with van der Waals surface area (Å²) in [5.74, 6) is 0. The molecular formula is C20H37BF3N3O4. The summed E-state index contributed by atoms with van der Waals surface area (Å²) >= 11 is 0. The van der Waals surface area contributed by atoms with Gasteiger partial charge < -0.3 is 14.2 Å². The minimum atomic E-state index is -5.18. The zero-order chi connectivity index (χ0) is 24.2. The van der Waals surface area contributed by atoms with E-state index in [0.29, 0.717) is 0 Å². The Balaban J connectivity index is 0. The molecule has 11 heteroatoms. The van der Waals surface area contributed by atoms with Crippen LogP contribution in [-0.2, 0) is 14.3 Å². The van der Waals surface area contributed by atoms with Crippen molar-refractivity contribution in [2.75, 3.05) is 26.2 Å². The molecule has 0 saturated carbocycles. The molecule has 0 atom stereocenters. The van der Waals surface area contributed by atoms with Gasteiger partial charge in [-0.1, -0.05) is 53.4 Å². The third kappa shape index (κ3) is 19.1. The Morgan fingerprint density at radius 1 is 0.839 bits per heavy atom. The van der Waals surface area contributed by atoms with Crippen LogP contribution in [0.4, 0.5) is 13.2 Å². The summed E-state index contributed by atoms with van der Waals surface area (Å²) in [7, 11) is -3.00. The van der Waals surface area contributed by atoms with Crippen molar-refractivity contribution in [1.29, 1.82) is 10.5 Å². The van der Waals surface area contributed by atoms with Gasteiger partial charge in [0, 0.05) is 0 Å². The molecule has 0 aliphatic rings. The molecule has 7 nitrogen and oxygen atoms in total. The number of unbranched alkanes of at least 4 members (excludes halogenated alkanes) is 4. The van der Waals surface area contributed by atoms with Gasteiger partial charge in [-0.05, 0) is 25.7 Å². The van der Waals surface area contributed by atoms with E-state index in [1.54, 1.807) is 0 Å². The molecule has 0 aromatic rings. The molecule has 0 heterocycles. The predicted molar refractivity (Wildman–Crippen MR) is 109 cm³/mol. The van der Waals surface area contributed by atoms with Gasteiger partial charge in [-0.3, -0.25) is 4.81 Å². The van der Waals surface area contributed by atoms with Crippen LogP contribution in [0.5, 0.6) is 0 Å². The second kappa shape index (κ2) is 19.3. The molecule has 0 saturated heterocycles. The van der Waals surface area contributed by atoms with E-state index >= 15 is 0 Å². The van der Waals surface area contributed by atoms with E-state index in [2.05, 4.69) is 42.0 Å². The molecular weight excluding hydrogens is 414 g/mol. The molecule has 0 unspecified atom stereocenters. The number of nitrogens with zero attached hydrogens (tertiary/aromatic N) is 3. The van der Waals surface area contributed by atoms with Crippen molar-refractivity contribution in [2.24, 2.45) is 0 Å². The maximum atomic E-state index is 11.3. The van der Waals surface area contributed by atoms with Crippen LogP contribution < -0.4 is 5.02 Å². The smallest absolute Gasteiger partial charge is 0.509 e. The van der Waals surface area contributed by atoms with Crippen LogP contribution in [0.25, 0.3) is 0 Å². The van der Waals surface area contributed by atoms with Crippen molar-refractivity contribution in [3.8, 4) is 12.1 Å². The Labute approximate surface area is 185 Å². The van der Waals surface area contributed by atoms with Crippen LogP contribution in [0.2, 0.25) is 0 Å². The molecule has 0 rings (SSSR count). The molecule has 0 radical (unpaired) electrons. The molecule has 0 N–H and O–H groups in total. The van der Waals surface area contributed by atoms with Crippen LogP contribution in [0.3, 0.4) is 0 Å². The summed E-state index contributed by atoms with van der Waals surface area (Å²) < 4.78 is 38.1. The molecule has 0 aliphatic heterocycles. The van der Waals surface area contributed by atoms with Gasteiger partial charge in [0.15, 0.2) is 0 Å². The number of alkyl halides is 3. The highest BCUT2D eigenvalue weighted by atomic mass is 19.4. The maximum Gasteiger partial charge on any atom is 0.509 e. The fourth-order valence-electron chi connectivity index (χ4n) is 2.95. The van der Waals surface area contributed by atoms with Crippen molar-refractivity contribution in [2.45, 2.75) is 91.5 Å². The molecule has 31 heavy (non-hydrogen) atoms. The fraction of sp³-hybridized carbons (Fsp3) is 0.900. The predicted octanol–water partition coefficient (Wildman–Crippen LogP) is 4.24. The van der Waals surface area contributed by atoms with Crippen LogP contribution in [0, 0.1) is 22.7 Å². The average molecular weight is 451 g/mol. The number of nitriles is 2. The Hall–Kier alpha value is -1.37. The number of quaternary nitrogens is 1. The minimum Gasteiger partial charge on any atom is -0.829 e. The van der Waals surface area contributed by atoms with E-state index in [0.717, 1.165) is 0 Å². The Morgan fingerprint density at radius 3 is 1.45 bits per heavy atom. The van der Waals surface area contributed by atoms with E-state index in [4.69, 9.17) is 10.5 Å². The van der Waals surface area contributed by atoms with Crippen molar-refractivity contribution >= 4 is 7.32 Å². The summed E-state index contributed by atoms with van der Waals surface area (Å²) in [6.07, 6.45) is 4.10. The average Bonchev–Trinajstić information content (AvgIpc) is 2.72. The highest BCUT2D eigenvalue weighted by Crippen LogP contribution is 2.17. The zero-order valence-electron chi connectivity index (χ0n) is 19.2. The number of halogens is 3. The summed E-state index contributed by atoms with van der Waals surface area (Å²) in [6, 6.07) is 2.37. The van der Waals surface area contributed by atoms with Gasteiger partial charge in [-0.2, -0.15) is 10.5 Å². The highest BCUT2D eigenvalue weighted by molar-refractivity contribution is 6.32. The monoisotopic (exact) mass is 451 g/mol. The highest BCUT2D eigenvalue weighted by Gasteiger charge is 2.32. The molecule has 0 spiro atoms. The van der Waals surface area contributed by atoms with Crippen LogP contribution in [0.15, 0.2) is 0 Å². The summed E-state index contributed by atoms with van der Waals surface area (Å²) in [4.78, 5) is 7.11. The Morgan fingerprint density at radius 2 is 1.19 bits per heavy atom. The van der Waals surface area contributed by atoms with Crippen molar-refractivity contribution in [1.82, 2.24) is 0 Å². The first-order chi connectivity index (χ1) is 14.6. The Bertz CT molecular complexity index is 462. The largest absolute Gasteiger partial charge is 0.829 e. The van der Waals surface area contributed by atoms with Gasteiger partial charge in [0.1, 0.15) is 12.1 Å². The van der Waals surface area contributed by atoms with E-state index < -0.39 is 19.8 Å². The van der Waals surface area contributed by atoms with Crippen LogP contribution >= 0.6 is 0 Å². The van der Waals surface area contributed by atoms with Crippen LogP contribution in [0.1, 0.15) is 79.1 Å². The van der Waals surface area contributed by atoms with Gasteiger partial charge in [0.25, 0.3) is 6.10 Å². The first-order valence-corrected chi connectivity index (χ1v) is 11.0. The van der Waals surface area contributed by atoms with E-state index in [9.17, 15) is 18.2 Å². The first kappa shape index (κ1) is 31.8. The second-order valence-corrected chi connectivity index (χ2v) is 7.33. The molecule has 0 aromatic heterocycles. The normalized spacial score (nSPS) is 11.5. The number of rotatable bonds is 16. The van der Waals surface area contributed by atoms with Gasteiger partial charge in [-0.15, -0.1) is 13.2 Å². The second-order valence-electron chi connectivity index (χ2n) is 7.33. The van der Waals surface area contributed by atoms with E-state index in [1.807, 2.05) is 0 Å². The quantitative estimate of drug-likeness (QED) is 0.151. The van der Waals surface area contributed by atoms with Gasteiger partial charge >= 0.3 is 13.7 Å². The lowest BCUT2D eigenvalue weighted by Crippen LogP contribution is -2.50. The molecule has 0 aliphatic carbocycles. The van der Waals surface area contributed by atoms with E-state index in [1.165, 1.54) is 94.2 Å². The van der Waals surface area contributed by atoms with Crippen molar-refractivity contribution in [3.05, 3.63) is 0 Å². The van der Waals surface area contributed by atoms with Gasteiger partial charge in [0.2, 0.25) is 0 Å². The maximum absolute atomic E-state index is 11.3. The topological polar surface area (TPSA) is 98.3 Å². The number of hydrogen-bond acceptors (Lipinski definition) is 6. The lowest BCUT2D eigenvalue weighted by atomic mass is 10.1. The van der Waals surface area contributed by atoms with Gasteiger partial charge in [0.05, 0.1) is 26.2 Å². The van der Waals surface area contributed by atoms with Crippen molar-refractivity contribution < 1.29 is 37.0 Å². The lowest BCUT2D eigenvalue weighted by molar-refractivity contribution is -0.929. The molecule has 0 amide bonds. The van der Waals surface area contributed by atoms with Crippen LogP contribution in [-0.4, -0.2) is 50.4 Å². The van der Waals surface area contributed by atoms with Gasteiger partial charge in [-0.25, -0.2) is 4.89 Å². The van der Waals surface area contributed by atoms with Crippen molar-refractivity contribution in [3.63, 3.8) is 0 Å². The molecule has 0 bridgehead atoms. The molecule has 0 fully saturated rings. The first-order valence-electron chi connectivity index (χ1n) is 11.0. The molecule has 0 aromatic carbocycles.